The first-order valence-electron chi connectivity index (χ1n) is 9.23. The van der Waals surface area contributed by atoms with Crippen molar-refractivity contribution in [2.75, 3.05) is 41.3 Å². The van der Waals surface area contributed by atoms with Crippen molar-refractivity contribution >= 4 is 23.2 Å². The van der Waals surface area contributed by atoms with Crippen molar-refractivity contribution in [3.63, 3.8) is 0 Å². The van der Waals surface area contributed by atoms with Gasteiger partial charge >= 0.3 is 0 Å². The highest BCUT2D eigenvalue weighted by atomic mass is 19.1. The Bertz CT molecular complexity index is 1010. The number of halogens is 2. The third-order valence-electron chi connectivity index (χ3n) is 4.80. The second kappa shape index (κ2) is 8.22. The fraction of sp³-hybridized carbons (Fsp3) is 0.190. The Kier molecular flexibility index (Phi) is 5.33. The first kappa shape index (κ1) is 18.8. The zero-order valence-corrected chi connectivity index (χ0v) is 15.6. The van der Waals surface area contributed by atoms with Crippen molar-refractivity contribution in [3.8, 4) is 0 Å². The lowest BCUT2D eigenvalue weighted by Crippen LogP contribution is -2.46. The first-order chi connectivity index (χ1) is 14.1. The van der Waals surface area contributed by atoms with Gasteiger partial charge in [0.25, 0.3) is 5.91 Å². The van der Waals surface area contributed by atoms with Crippen molar-refractivity contribution in [3.05, 3.63) is 78.1 Å². The average molecular weight is 395 g/mol. The lowest BCUT2D eigenvalue weighted by molar-refractivity contribution is 0.102. The number of aromatic nitrogens is 2. The number of carbonyl (C=O) groups is 1. The Morgan fingerprint density at radius 3 is 2.34 bits per heavy atom. The molecule has 1 fully saturated rings. The fourth-order valence-corrected chi connectivity index (χ4v) is 3.28. The van der Waals surface area contributed by atoms with E-state index in [1.54, 1.807) is 6.07 Å². The molecule has 1 N–H and O–H groups in total. The maximum atomic E-state index is 13.8. The molecule has 8 heteroatoms. The Balaban J connectivity index is 1.42. The maximum Gasteiger partial charge on any atom is 0.259 e. The van der Waals surface area contributed by atoms with Crippen molar-refractivity contribution < 1.29 is 13.6 Å². The van der Waals surface area contributed by atoms with E-state index in [0.29, 0.717) is 11.9 Å². The van der Waals surface area contributed by atoms with Crippen LogP contribution >= 0.6 is 0 Å². The van der Waals surface area contributed by atoms with Crippen LogP contribution in [0.5, 0.6) is 0 Å². The van der Waals surface area contributed by atoms with E-state index in [1.165, 1.54) is 12.0 Å². The molecular weight excluding hydrogens is 376 g/mol. The number of amides is 1. The molecule has 0 saturated carbocycles. The molecule has 2 heterocycles. The number of para-hydroxylation sites is 1. The summed E-state index contributed by atoms with van der Waals surface area (Å²) in [6.07, 6.45) is 1.36. The molecule has 0 atom stereocenters. The minimum Gasteiger partial charge on any atom is -0.368 e. The SMILES string of the molecule is O=C(Nc1cc(N2CCN(c3ccccc3)CC2)ncn1)c1ccc(F)cc1F. The zero-order chi connectivity index (χ0) is 20.2. The third-order valence-corrected chi connectivity index (χ3v) is 4.80. The molecule has 29 heavy (non-hydrogen) atoms. The van der Waals surface area contributed by atoms with Crippen molar-refractivity contribution in [1.29, 1.82) is 0 Å². The van der Waals surface area contributed by atoms with Crippen LogP contribution in [0.25, 0.3) is 0 Å². The Hall–Kier alpha value is -3.55. The number of rotatable bonds is 4. The quantitative estimate of drug-likeness (QED) is 0.734. The number of anilines is 3. The number of piperazine rings is 1. The van der Waals surface area contributed by atoms with E-state index in [-0.39, 0.29) is 11.4 Å². The molecule has 148 valence electrons. The highest BCUT2D eigenvalue weighted by Crippen LogP contribution is 2.20. The number of benzene rings is 2. The lowest BCUT2D eigenvalue weighted by Gasteiger charge is -2.36. The minimum atomic E-state index is -0.922. The van der Waals surface area contributed by atoms with Crippen molar-refractivity contribution in [1.82, 2.24) is 9.97 Å². The second-order valence-corrected chi connectivity index (χ2v) is 6.65. The van der Waals surface area contributed by atoms with Gasteiger partial charge in [-0.25, -0.2) is 18.7 Å². The summed E-state index contributed by atoms with van der Waals surface area (Å²) >= 11 is 0. The van der Waals surface area contributed by atoms with E-state index >= 15 is 0 Å². The topological polar surface area (TPSA) is 61.4 Å². The molecule has 0 spiro atoms. The van der Waals surface area contributed by atoms with Gasteiger partial charge in [-0.15, -0.1) is 0 Å². The molecule has 2 aromatic carbocycles. The highest BCUT2D eigenvalue weighted by molar-refractivity contribution is 6.04. The van der Waals surface area contributed by atoms with E-state index in [9.17, 15) is 13.6 Å². The summed E-state index contributed by atoms with van der Waals surface area (Å²) in [5.74, 6) is -1.41. The van der Waals surface area contributed by atoms with Crippen molar-refractivity contribution in [2.45, 2.75) is 0 Å². The van der Waals surface area contributed by atoms with Gasteiger partial charge in [0, 0.05) is 44.0 Å². The van der Waals surface area contributed by atoms with Gasteiger partial charge in [0.2, 0.25) is 0 Å². The van der Waals surface area contributed by atoms with E-state index in [1.807, 2.05) is 18.2 Å². The number of nitrogens with one attached hydrogen (secondary N) is 1. The molecule has 0 aliphatic carbocycles. The van der Waals surface area contributed by atoms with Gasteiger partial charge in [-0.05, 0) is 24.3 Å². The molecule has 6 nitrogen and oxygen atoms in total. The standard InChI is InChI=1S/C21H19F2N5O/c22-15-6-7-17(18(23)12-15)21(29)26-19-13-20(25-14-24-19)28-10-8-27(9-11-28)16-4-2-1-3-5-16/h1-7,12-14H,8-11H2,(H,24,25,26,29). The highest BCUT2D eigenvalue weighted by Gasteiger charge is 2.19. The van der Waals surface area contributed by atoms with Crippen LogP contribution in [0, 0.1) is 11.6 Å². The lowest BCUT2D eigenvalue weighted by atomic mass is 10.2. The molecule has 1 saturated heterocycles. The summed E-state index contributed by atoms with van der Waals surface area (Å²) in [6.45, 7) is 3.23. The van der Waals surface area contributed by atoms with Crippen LogP contribution in [0.1, 0.15) is 10.4 Å². The van der Waals surface area contributed by atoms with Crippen LogP contribution in [0.4, 0.5) is 26.1 Å². The zero-order valence-electron chi connectivity index (χ0n) is 15.6. The monoisotopic (exact) mass is 395 g/mol. The summed E-state index contributed by atoms with van der Waals surface area (Å²) in [5.41, 5.74) is 0.937. The van der Waals surface area contributed by atoms with Gasteiger partial charge in [-0.1, -0.05) is 18.2 Å². The predicted octanol–water partition coefficient (Wildman–Crippen LogP) is 3.33. The van der Waals surface area contributed by atoms with Crippen LogP contribution in [0.2, 0.25) is 0 Å². The van der Waals surface area contributed by atoms with Crippen LogP contribution in [-0.2, 0) is 0 Å². The maximum absolute atomic E-state index is 13.8. The normalized spacial score (nSPS) is 14.0. The Morgan fingerprint density at radius 2 is 1.62 bits per heavy atom. The summed E-state index contributed by atoms with van der Waals surface area (Å²) in [7, 11) is 0. The molecule has 4 rings (SSSR count). The fourth-order valence-electron chi connectivity index (χ4n) is 3.28. The first-order valence-corrected chi connectivity index (χ1v) is 9.23. The number of hydrogen-bond donors (Lipinski definition) is 1. The molecule has 1 aromatic heterocycles. The molecule has 1 aliphatic heterocycles. The number of carbonyl (C=O) groups excluding carboxylic acids is 1. The van der Waals surface area contributed by atoms with Gasteiger partial charge in [-0.2, -0.15) is 0 Å². The molecular formula is C21H19F2N5O. The summed E-state index contributed by atoms with van der Waals surface area (Å²) < 4.78 is 26.8. The van der Waals surface area contributed by atoms with Gasteiger partial charge in [0.1, 0.15) is 29.6 Å². The Morgan fingerprint density at radius 1 is 0.897 bits per heavy atom. The van der Waals surface area contributed by atoms with E-state index in [0.717, 1.165) is 38.3 Å². The average Bonchev–Trinajstić information content (AvgIpc) is 2.74. The molecule has 0 radical (unpaired) electrons. The van der Waals surface area contributed by atoms with E-state index < -0.39 is 17.5 Å². The van der Waals surface area contributed by atoms with Gasteiger partial charge in [0.05, 0.1) is 5.56 Å². The third kappa shape index (κ3) is 4.31. The minimum absolute atomic E-state index is 0.247. The number of nitrogens with zero attached hydrogens (tertiary/aromatic N) is 4. The van der Waals surface area contributed by atoms with Gasteiger partial charge in [0.15, 0.2) is 0 Å². The van der Waals surface area contributed by atoms with Gasteiger partial charge < -0.3 is 15.1 Å². The Labute approximate surface area is 166 Å². The van der Waals surface area contributed by atoms with Crippen LogP contribution in [0.3, 0.4) is 0 Å². The molecule has 0 unspecified atom stereocenters. The van der Waals surface area contributed by atoms with Gasteiger partial charge in [-0.3, -0.25) is 4.79 Å². The van der Waals surface area contributed by atoms with Crippen LogP contribution in [0.15, 0.2) is 60.9 Å². The van der Waals surface area contributed by atoms with E-state index in [2.05, 4.69) is 37.2 Å². The molecule has 3 aromatic rings. The summed E-state index contributed by atoms with van der Waals surface area (Å²) in [4.78, 5) is 25.0. The number of hydrogen-bond acceptors (Lipinski definition) is 5. The van der Waals surface area contributed by atoms with Crippen molar-refractivity contribution in [2.24, 2.45) is 0 Å². The summed E-state index contributed by atoms with van der Waals surface area (Å²) in [6, 6.07) is 14.7. The largest absolute Gasteiger partial charge is 0.368 e. The molecule has 1 aliphatic rings. The predicted molar refractivity (Wildman–Crippen MR) is 107 cm³/mol. The molecule has 0 bridgehead atoms. The van der Waals surface area contributed by atoms with E-state index in [4.69, 9.17) is 0 Å². The smallest absolute Gasteiger partial charge is 0.259 e. The van der Waals surface area contributed by atoms with Crippen LogP contribution in [-0.4, -0.2) is 42.1 Å². The molecule has 1 amide bonds. The van der Waals surface area contributed by atoms with Crippen LogP contribution < -0.4 is 15.1 Å². The second-order valence-electron chi connectivity index (χ2n) is 6.65. The summed E-state index contributed by atoms with van der Waals surface area (Å²) in [5, 5.41) is 2.54.